The van der Waals surface area contributed by atoms with Crippen molar-refractivity contribution in [2.75, 3.05) is 5.32 Å². The molecule has 0 radical (unpaired) electrons. The van der Waals surface area contributed by atoms with E-state index in [1.807, 2.05) is 4.72 Å². The van der Waals surface area contributed by atoms with E-state index < -0.39 is 27.0 Å². The topological polar surface area (TPSA) is 130 Å². The molecule has 0 aliphatic heterocycles. The lowest BCUT2D eigenvalue weighted by Gasteiger charge is -2.18. The van der Waals surface area contributed by atoms with Crippen LogP contribution in [0.4, 0.5) is 10.5 Å². The number of sulfonamides is 1. The van der Waals surface area contributed by atoms with Crippen LogP contribution in [0.3, 0.4) is 0 Å². The van der Waals surface area contributed by atoms with Crippen LogP contribution in [-0.4, -0.2) is 35.3 Å². The van der Waals surface area contributed by atoms with Gasteiger partial charge in [0.15, 0.2) is 5.03 Å². The van der Waals surface area contributed by atoms with E-state index in [-0.39, 0.29) is 5.69 Å². The number of rotatable bonds is 4. The second kappa shape index (κ2) is 7.03. The Morgan fingerprint density at radius 1 is 1.10 bits per heavy atom. The molecule has 2 aromatic rings. The third-order valence-corrected chi connectivity index (χ3v) is 7.05. The normalized spacial score (nSPS) is 15.1. The number of carbonyl (C=O) groups is 2. The number of carbonyl (C=O) groups excluding carboxylic acids is 1. The molecule has 0 bridgehead atoms. The highest BCUT2D eigenvalue weighted by atomic mass is 35.5. The van der Waals surface area contributed by atoms with Crippen LogP contribution in [0.5, 0.6) is 0 Å². The molecule has 2 aliphatic carbocycles. The van der Waals surface area contributed by atoms with Crippen molar-refractivity contribution in [1.29, 1.82) is 0 Å². The van der Waals surface area contributed by atoms with Gasteiger partial charge in [0.25, 0.3) is 10.0 Å². The summed E-state index contributed by atoms with van der Waals surface area (Å²) in [5.74, 6) is -1.32. The summed E-state index contributed by atoms with van der Waals surface area (Å²) < 4.78 is 27.8. The fourth-order valence-corrected chi connectivity index (χ4v) is 5.44. The summed E-state index contributed by atoms with van der Waals surface area (Å²) in [6.07, 6.45) is 5.07. The van der Waals surface area contributed by atoms with Gasteiger partial charge in [-0.2, -0.15) is 13.5 Å². The highest BCUT2D eigenvalue weighted by Crippen LogP contribution is 2.43. The van der Waals surface area contributed by atoms with E-state index >= 15 is 0 Å². The van der Waals surface area contributed by atoms with Gasteiger partial charge in [0.05, 0.1) is 0 Å². The number of carboxylic acids is 1. The Kier molecular flexibility index (Phi) is 4.78. The third-order valence-electron chi connectivity index (χ3n) is 5.39. The van der Waals surface area contributed by atoms with Gasteiger partial charge < -0.3 is 10.4 Å². The molecule has 1 aromatic heterocycles. The van der Waals surface area contributed by atoms with Crippen molar-refractivity contribution < 1.29 is 23.1 Å². The van der Waals surface area contributed by atoms with E-state index in [1.54, 1.807) is 0 Å². The summed E-state index contributed by atoms with van der Waals surface area (Å²) in [6, 6.07) is -0.0200. The summed E-state index contributed by atoms with van der Waals surface area (Å²) in [6.45, 7) is 0. The van der Waals surface area contributed by atoms with E-state index in [9.17, 15) is 18.0 Å². The number of halogens is 1. The van der Waals surface area contributed by atoms with Crippen LogP contribution in [0.25, 0.3) is 0 Å². The predicted octanol–water partition coefficient (Wildman–Crippen LogP) is 2.26. The molecule has 0 saturated heterocycles. The number of fused-ring (bicyclic) bond motifs is 2. The van der Waals surface area contributed by atoms with Gasteiger partial charge in [-0.25, -0.2) is 14.3 Å². The fourth-order valence-electron chi connectivity index (χ4n) is 4.12. The molecular weight excluding hydrogens is 420 g/mol. The number of amides is 2. The summed E-state index contributed by atoms with van der Waals surface area (Å²) in [7, 11) is -3.03. The van der Waals surface area contributed by atoms with E-state index in [1.165, 1.54) is 7.05 Å². The zero-order valence-electron chi connectivity index (χ0n) is 15.6. The van der Waals surface area contributed by atoms with Gasteiger partial charge in [0.1, 0.15) is 5.69 Å². The van der Waals surface area contributed by atoms with Crippen molar-refractivity contribution in [1.82, 2.24) is 14.5 Å². The molecule has 2 aliphatic rings. The van der Waals surface area contributed by atoms with Crippen molar-refractivity contribution in [3.8, 4) is 0 Å². The number of nitrogens with one attached hydrogen (secondary N) is 2. The number of anilines is 1. The number of aromatic nitrogens is 2. The molecule has 0 saturated carbocycles. The molecule has 29 heavy (non-hydrogen) atoms. The number of benzene rings is 1. The van der Waals surface area contributed by atoms with Crippen LogP contribution in [0.1, 0.15) is 45.6 Å². The second-order valence-corrected chi connectivity index (χ2v) is 9.17. The Hall–Kier alpha value is -2.59. The summed E-state index contributed by atoms with van der Waals surface area (Å²) in [5, 5.41) is 15.7. The van der Waals surface area contributed by atoms with Gasteiger partial charge >= 0.3 is 12.0 Å². The lowest BCUT2D eigenvalue weighted by atomic mass is 9.98. The zero-order valence-corrected chi connectivity index (χ0v) is 17.2. The summed E-state index contributed by atoms with van der Waals surface area (Å²) in [4.78, 5) is 23.6. The highest BCUT2D eigenvalue weighted by Gasteiger charge is 2.30. The second-order valence-electron chi connectivity index (χ2n) is 7.17. The van der Waals surface area contributed by atoms with Gasteiger partial charge in [-0.3, -0.25) is 4.68 Å². The number of hydrogen-bond acceptors (Lipinski definition) is 5. The molecule has 9 nitrogen and oxygen atoms in total. The largest absolute Gasteiger partial charge is 0.477 e. The predicted molar refractivity (Wildman–Crippen MR) is 105 cm³/mol. The molecule has 3 N–H and O–H groups in total. The maximum atomic E-state index is 12.5. The molecule has 1 heterocycles. The fraction of sp³-hybridized carbons (Fsp3) is 0.389. The molecule has 0 spiro atoms. The number of aromatic carboxylic acids is 1. The molecule has 1 aromatic carbocycles. The SMILES string of the molecule is Cn1nc(S(=O)(=O)NC(=O)Nc2c3c(c(Cl)c4c2CCC4)CCC3)cc1C(=O)O. The van der Waals surface area contributed by atoms with Crippen LogP contribution in [0.15, 0.2) is 11.1 Å². The molecule has 4 rings (SSSR count). The van der Waals surface area contributed by atoms with Crippen LogP contribution in [0.2, 0.25) is 5.02 Å². The maximum absolute atomic E-state index is 12.5. The quantitative estimate of drug-likeness (QED) is 0.671. The van der Waals surface area contributed by atoms with Gasteiger partial charge in [-0.1, -0.05) is 11.6 Å². The Balaban J connectivity index is 1.61. The lowest BCUT2D eigenvalue weighted by Crippen LogP contribution is -2.35. The number of nitrogens with zero attached hydrogens (tertiary/aromatic N) is 2. The van der Waals surface area contributed by atoms with E-state index in [2.05, 4.69) is 10.4 Å². The van der Waals surface area contributed by atoms with E-state index in [4.69, 9.17) is 16.7 Å². The minimum atomic E-state index is -4.33. The number of urea groups is 1. The molecule has 11 heteroatoms. The first-order valence-electron chi connectivity index (χ1n) is 9.15. The van der Waals surface area contributed by atoms with Crippen molar-refractivity contribution in [3.63, 3.8) is 0 Å². The summed E-state index contributed by atoms with van der Waals surface area (Å²) in [5.41, 5.74) is 4.33. The van der Waals surface area contributed by atoms with Crippen LogP contribution in [0, 0.1) is 0 Å². The standard InChI is InChI=1S/C18H19ClN4O5S/c1-23-13(17(24)25)8-14(21-23)29(27,28)22-18(26)20-16-11-6-2-4-9(11)15(19)10-5-3-7-12(10)16/h8H,2-7H2,1H3,(H,24,25)(H2,20,22,26). The molecule has 2 amide bonds. The third kappa shape index (κ3) is 3.36. The number of carboxylic acid groups (broad SMARTS) is 1. The minimum Gasteiger partial charge on any atom is -0.477 e. The van der Waals surface area contributed by atoms with Crippen LogP contribution in [-0.2, 0) is 42.8 Å². The molecule has 0 unspecified atom stereocenters. The monoisotopic (exact) mass is 438 g/mol. The maximum Gasteiger partial charge on any atom is 0.354 e. The van der Waals surface area contributed by atoms with Gasteiger partial charge in [0.2, 0.25) is 0 Å². The molecule has 154 valence electrons. The Bertz CT molecular complexity index is 1120. The van der Waals surface area contributed by atoms with Crippen LogP contribution >= 0.6 is 11.6 Å². The van der Waals surface area contributed by atoms with Gasteiger partial charge in [0, 0.05) is 23.8 Å². The molecule has 0 fully saturated rings. The van der Waals surface area contributed by atoms with Crippen LogP contribution < -0.4 is 10.0 Å². The van der Waals surface area contributed by atoms with E-state index in [0.29, 0.717) is 5.69 Å². The first-order valence-corrected chi connectivity index (χ1v) is 11.0. The van der Waals surface area contributed by atoms with Crippen molar-refractivity contribution in [2.45, 2.75) is 43.6 Å². The molecular formula is C18H19ClN4O5S. The van der Waals surface area contributed by atoms with Crippen molar-refractivity contribution in [3.05, 3.63) is 39.0 Å². The first-order chi connectivity index (χ1) is 13.7. The average molecular weight is 439 g/mol. The Labute approximate surface area is 172 Å². The smallest absolute Gasteiger partial charge is 0.354 e. The Morgan fingerprint density at radius 2 is 1.66 bits per heavy atom. The zero-order chi connectivity index (χ0) is 20.9. The van der Waals surface area contributed by atoms with Crippen molar-refractivity contribution in [2.24, 2.45) is 7.05 Å². The van der Waals surface area contributed by atoms with Crippen molar-refractivity contribution >= 4 is 39.3 Å². The van der Waals surface area contributed by atoms with Gasteiger partial charge in [-0.05, 0) is 60.8 Å². The minimum absolute atomic E-state index is 0.306. The first kappa shape index (κ1) is 19.7. The van der Waals surface area contributed by atoms with E-state index in [0.717, 1.165) is 76.5 Å². The van der Waals surface area contributed by atoms with Gasteiger partial charge in [-0.15, -0.1) is 0 Å². The number of hydrogen-bond donors (Lipinski definition) is 3. The Morgan fingerprint density at radius 3 is 2.17 bits per heavy atom. The summed E-state index contributed by atoms with van der Waals surface area (Å²) >= 11 is 6.55. The lowest BCUT2D eigenvalue weighted by molar-refractivity contribution is 0.0685. The highest BCUT2D eigenvalue weighted by molar-refractivity contribution is 7.90. The average Bonchev–Trinajstić information content (AvgIpc) is 3.36. The molecule has 0 atom stereocenters. The number of aryl methyl sites for hydroxylation is 1.